The van der Waals surface area contributed by atoms with Crippen LogP contribution < -0.4 is 9.30 Å². The van der Waals surface area contributed by atoms with Gasteiger partial charge in [-0.1, -0.05) is 12.1 Å². The molecule has 0 bridgehead atoms. The minimum Gasteiger partial charge on any atom is -0.496 e. The summed E-state index contributed by atoms with van der Waals surface area (Å²) in [5.41, 5.74) is -0.00368. The lowest BCUT2D eigenvalue weighted by molar-refractivity contribution is -0.594. The van der Waals surface area contributed by atoms with Crippen LogP contribution in [-0.4, -0.2) is 7.11 Å². The van der Waals surface area contributed by atoms with Crippen LogP contribution in [0.5, 0.6) is 5.75 Å². The molecule has 0 atom stereocenters. The van der Waals surface area contributed by atoms with E-state index in [9.17, 15) is 13.2 Å². The predicted octanol–water partition coefficient (Wildman–Crippen LogP) is 4.14. The highest BCUT2D eigenvalue weighted by atomic mass is 19.4. The molecular weight excluding hydrogens is 291 g/mol. The summed E-state index contributed by atoms with van der Waals surface area (Å²) in [6.07, 6.45) is -0.670. The monoisotopic (exact) mass is 304 g/mol. The molecule has 0 N–H and O–H groups in total. The highest BCUT2D eigenvalue weighted by Crippen LogP contribution is 2.29. The van der Waals surface area contributed by atoms with Gasteiger partial charge in [-0.3, -0.25) is 0 Å². The molecule has 0 aliphatic rings. The fraction of sp³-hybridized carbons (Fsp3) is 0.118. The van der Waals surface area contributed by atoms with Crippen LogP contribution in [0, 0.1) is 0 Å². The molecule has 3 rings (SSSR count). The summed E-state index contributed by atoms with van der Waals surface area (Å²) >= 11 is 0. The first kappa shape index (κ1) is 14.4. The Hall–Kier alpha value is -2.56. The third kappa shape index (κ3) is 2.62. The van der Waals surface area contributed by atoms with Crippen LogP contribution in [-0.2, 0) is 6.18 Å². The Balaban J connectivity index is 2.06. The number of hydrogen-bond acceptors (Lipinski definition) is 1. The van der Waals surface area contributed by atoms with Gasteiger partial charge in [-0.2, -0.15) is 17.7 Å². The SMILES string of the molecule is COc1cccc2cc[n+](-c3ccc(C(F)(F)F)cc3)cc12. The van der Waals surface area contributed by atoms with Gasteiger partial charge in [0.15, 0.2) is 12.4 Å². The molecule has 0 saturated heterocycles. The third-order valence-corrected chi connectivity index (χ3v) is 3.50. The summed E-state index contributed by atoms with van der Waals surface area (Å²) in [5, 5.41) is 1.90. The molecule has 0 unspecified atom stereocenters. The summed E-state index contributed by atoms with van der Waals surface area (Å²) in [6, 6.07) is 12.6. The minimum absolute atomic E-state index is 0.654. The van der Waals surface area contributed by atoms with E-state index >= 15 is 0 Å². The topological polar surface area (TPSA) is 13.1 Å². The third-order valence-electron chi connectivity index (χ3n) is 3.50. The highest BCUT2D eigenvalue weighted by molar-refractivity contribution is 5.86. The van der Waals surface area contributed by atoms with Crippen molar-refractivity contribution in [2.45, 2.75) is 6.18 Å². The van der Waals surface area contributed by atoms with Gasteiger partial charge in [-0.15, -0.1) is 0 Å². The number of fused-ring (bicyclic) bond motifs is 1. The van der Waals surface area contributed by atoms with Gasteiger partial charge in [-0.05, 0) is 23.6 Å². The number of aromatic nitrogens is 1. The quantitative estimate of drug-likeness (QED) is 0.648. The van der Waals surface area contributed by atoms with Crippen LogP contribution in [0.2, 0.25) is 0 Å². The summed E-state index contributed by atoms with van der Waals surface area (Å²) in [6.45, 7) is 0. The van der Waals surface area contributed by atoms with Crippen molar-refractivity contribution in [3.05, 3.63) is 66.5 Å². The van der Waals surface area contributed by atoms with Gasteiger partial charge in [-0.25, -0.2) is 0 Å². The number of methoxy groups -OCH3 is 1. The van der Waals surface area contributed by atoms with E-state index in [1.807, 2.05) is 36.7 Å². The van der Waals surface area contributed by atoms with E-state index in [0.717, 1.165) is 28.7 Å². The Labute approximate surface area is 125 Å². The lowest BCUT2D eigenvalue weighted by Crippen LogP contribution is -2.29. The van der Waals surface area contributed by atoms with Gasteiger partial charge in [0, 0.05) is 18.2 Å². The number of hydrogen-bond donors (Lipinski definition) is 0. The van der Waals surface area contributed by atoms with Crippen LogP contribution in [0.25, 0.3) is 16.5 Å². The lowest BCUT2D eigenvalue weighted by atomic mass is 10.1. The number of alkyl halides is 3. The predicted molar refractivity (Wildman–Crippen MR) is 77.0 cm³/mol. The first-order chi connectivity index (χ1) is 10.5. The maximum atomic E-state index is 12.6. The van der Waals surface area contributed by atoms with E-state index in [-0.39, 0.29) is 0 Å². The van der Waals surface area contributed by atoms with Crippen molar-refractivity contribution in [1.82, 2.24) is 0 Å². The molecule has 0 radical (unpaired) electrons. The molecule has 112 valence electrons. The molecular formula is C17H13F3NO+. The Morgan fingerprint density at radius 1 is 0.955 bits per heavy atom. The maximum Gasteiger partial charge on any atom is 0.416 e. The Morgan fingerprint density at radius 2 is 1.68 bits per heavy atom. The summed E-state index contributed by atoms with van der Waals surface area (Å²) in [5.74, 6) is 0.721. The zero-order valence-electron chi connectivity index (χ0n) is 11.8. The second-order valence-corrected chi connectivity index (χ2v) is 4.86. The molecule has 0 aliphatic heterocycles. The number of halogens is 3. The normalized spacial score (nSPS) is 11.6. The molecule has 1 aromatic heterocycles. The molecule has 0 spiro atoms. The molecule has 0 aliphatic carbocycles. The zero-order chi connectivity index (χ0) is 15.7. The molecule has 0 fully saturated rings. The fourth-order valence-corrected chi connectivity index (χ4v) is 2.35. The Morgan fingerprint density at radius 3 is 2.32 bits per heavy atom. The van der Waals surface area contributed by atoms with E-state index in [2.05, 4.69) is 0 Å². The van der Waals surface area contributed by atoms with Crippen molar-refractivity contribution in [1.29, 1.82) is 0 Å². The number of nitrogens with zero attached hydrogens (tertiary/aromatic N) is 1. The number of benzene rings is 2. The van der Waals surface area contributed by atoms with Crippen LogP contribution in [0.15, 0.2) is 60.9 Å². The van der Waals surface area contributed by atoms with Crippen molar-refractivity contribution in [3.8, 4) is 11.4 Å². The van der Waals surface area contributed by atoms with Crippen LogP contribution >= 0.6 is 0 Å². The van der Waals surface area contributed by atoms with Crippen molar-refractivity contribution < 1.29 is 22.5 Å². The number of ether oxygens (including phenoxy) is 1. The van der Waals surface area contributed by atoms with E-state index < -0.39 is 11.7 Å². The van der Waals surface area contributed by atoms with Crippen molar-refractivity contribution >= 4 is 10.8 Å². The highest BCUT2D eigenvalue weighted by Gasteiger charge is 2.30. The van der Waals surface area contributed by atoms with Crippen LogP contribution in [0.1, 0.15) is 5.56 Å². The summed E-state index contributed by atoms with van der Waals surface area (Å²) in [7, 11) is 1.59. The minimum atomic E-state index is -4.32. The lowest BCUT2D eigenvalue weighted by Gasteiger charge is -2.06. The first-order valence-electron chi connectivity index (χ1n) is 6.65. The van der Waals surface area contributed by atoms with Crippen molar-refractivity contribution in [2.24, 2.45) is 0 Å². The second-order valence-electron chi connectivity index (χ2n) is 4.86. The average molecular weight is 304 g/mol. The van der Waals surface area contributed by atoms with Gasteiger partial charge in [0.1, 0.15) is 5.75 Å². The summed E-state index contributed by atoms with van der Waals surface area (Å²) < 4.78 is 44.9. The maximum absolute atomic E-state index is 12.6. The van der Waals surface area contributed by atoms with E-state index in [1.54, 1.807) is 11.7 Å². The van der Waals surface area contributed by atoms with Gasteiger partial charge in [0.25, 0.3) is 0 Å². The van der Waals surface area contributed by atoms with Crippen LogP contribution in [0.3, 0.4) is 0 Å². The molecule has 1 heterocycles. The smallest absolute Gasteiger partial charge is 0.416 e. The van der Waals surface area contributed by atoms with E-state index in [4.69, 9.17) is 4.74 Å². The van der Waals surface area contributed by atoms with Crippen molar-refractivity contribution in [2.75, 3.05) is 7.11 Å². The molecule has 5 heteroatoms. The molecule has 0 amide bonds. The largest absolute Gasteiger partial charge is 0.496 e. The Bertz CT molecular complexity index is 810. The molecule has 2 nitrogen and oxygen atoms in total. The zero-order valence-corrected chi connectivity index (χ0v) is 11.8. The van der Waals surface area contributed by atoms with Crippen LogP contribution in [0.4, 0.5) is 13.2 Å². The van der Waals surface area contributed by atoms with Gasteiger partial charge < -0.3 is 4.74 Å². The molecule has 2 aromatic carbocycles. The molecule has 0 saturated carbocycles. The standard InChI is InChI=1S/C17H13F3NO/c1-22-16-4-2-3-12-9-10-21(11-15(12)16)14-7-5-13(6-8-14)17(18,19)20/h2-11H,1H3/q+1. The fourth-order valence-electron chi connectivity index (χ4n) is 2.35. The van der Waals surface area contributed by atoms with E-state index in [1.165, 1.54) is 12.1 Å². The van der Waals surface area contributed by atoms with E-state index in [0.29, 0.717) is 5.69 Å². The average Bonchev–Trinajstić information content (AvgIpc) is 2.53. The number of pyridine rings is 1. The summed E-state index contributed by atoms with van der Waals surface area (Å²) in [4.78, 5) is 0. The second kappa shape index (κ2) is 5.33. The van der Waals surface area contributed by atoms with Crippen molar-refractivity contribution in [3.63, 3.8) is 0 Å². The first-order valence-corrected chi connectivity index (χ1v) is 6.65. The molecule has 3 aromatic rings. The Kier molecular flexibility index (Phi) is 3.48. The van der Waals surface area contributed by atoms with Gasteiger partial charge in [0.2, 0.25) is 5.69 Å². The van der Waals surface area contributed by atoms with Gasteiger partial charge >= 0.3 is 6.18 Å². The number of rotatable bonds is 2. The molecule has 22 heavy (non-hydrogen) atoms. The van der Waals surface area contributed by atoms with Gasteiger partial charge in [0.05, 0.1) is 18.1 Å².